The summed E-state index contributed by atoms with van der Waals surface area (Å²) < 4.78 is 21.2. The van der Waals surface area contributed by atoms with Gasteiger partial charge < -0.3 is 29.6 Å². The van der Waals surface area contributed by atoms with Gasteiger partial charge in [0.15, 0.2) is 10.8 Å². The summed E-state index contributed by atoms with van der Waals surface area (Å²) in [5, 5.41) is 6.80. The lowest BCUT2D eigenvalue weighted by atomic mass is 10.1. The van der Waals surface area contributed by atoms with E-state index in [1.807, 2.05) is 30.3 Å². The zero-order chi connectivity index (χ0) is 29.4. The van der Waals surface area contributed by atoms with Crippen LogP contribution < -0.4 is 15.4 Å². The van der Waals surface area contributed by atoms with Crippen LogP contribution in [-0.4, -0.2) is 73.3 Å². The lowest BCUT2D eigenvalue weighted by Crippen LogP contribution is -2.53. The first-order valence-electron chi connectivity index (χ1n) is 12.7. The van der Waals surface area contributed by atoms with Gasteiger partial charge in [-0.1, -0.05) is 42.5 Å². The SMILES string of the molecule is COCCOc1ccc([C@H]2NC(=O)N(C(C(=O)Nc3nc(C(=O)OC)cs3)C(C)OCc3ccccc3)C2=O)cc1. The van der Waals surface area contributed by atoms with Gasteiger partial charge in [-0.25, -0.2) is 19.5 Å². The Morgan fingerprint density at radius 3 is 2.49 bits per heavy atom. The second-order valence-corrected chi connectivity index (χ2v) is 9.82. The van der Waals surface area contributed by atoms with Crippen molar-refractivity contribution in [1.29, 1.82) is 0 Å². The van der Waals surface area contributed by atoms with Crippen LogP contribution in [0.2, 0.25) is 0 Å². The topological polar surface area (TPSA) is 145 Å². The molecule has 1 aliphatic heterocycles. The summed E-state index contributed by atoms with van der Waals surface area (Å²) >= 11 is 1.00. The third kappa shape index (κ3) is 7.25. The minimum atomic E-state index is -1.35. The van der Waals surface area contributed by atoms with E-state index in [1.54, 1.807) is 38.3 Å². The van der Waals surface area contributed by atoms with Crippen LogP contribution >= 0.6 is 11.3 Å². The zero-order valence-corrected chi connectivity index (χ0v) is 23.5. The van der Waals surface area contributed by atoms with E-state index in [1.165, 1.54) is 12.5 Å². The number of ether oxygens (including phenoxy) is 4. The van der Waals surface area contributed by atoms with Crippen LogP contribution in [0.25, 0.3) is 0 Å². The lowest BCUT2D eigenvalue weighted by Gasteiger charge is -2.29. The quantitative estimate of drug-likeness (QED) is 0.176. The molecule has 4 amide bonds. The Bertz CT molecular complexity index is 1360. The number of carbonyl (C=O) groups is 4. The molecule has 3 atom stereocenters. The van der Waals surface area contributed by atoms with Crippen molar-refractivity contribution < 1.29 is 38.1 Å². The number of nitrogens with zero attached hydrogens (tertiary/aromatic N) is 2. The number of anilines is 1. The van der Waals surface area contributed by atoms with Crippen LogP contribution in [0.3, 0.4) is 0 Å². The average molecular weight is 583 g/mol. The molecule has 1 aliphatic rings. The van der Waals surface area contributed by atoms with Gasteiger partial charge >= 0.3 is 12.0 Å². The van der Waals surface area contributed by atoms with E-state index in [0.717, 1.165) is 21.8 Å². The van der Waals surface area contributed by atoms with Gasteiger partial charge in [-0.3, -0.25) is 9.59 Å². The largest absolute Gasteiger partial charge is 0.491 e. The number of urea groups is 1. The first-order valence-corrected chi connectivity index (χ1v) is 13.6. The summed E-state index contributed by atoms with van der Waals surface area (Å²) in [5.74, 6) is -1.41. The number of esters is 1. The van der Waals surface area contributed by atoms with Crippen LogP contribution in [0.1, 0.15) is 34.6 Å². The number of hydrogen-bond acceptors (Lipinski definition) is 10. The van der Waals surface area contributed by atoms with Gasteiger partial charge in [0.25, 0.3) is 11.8 Å². The van der Waals surface area contributed by atoms with Crippen molar-refractivity contribution in [3.8, 4) is 5.75 Å². The van der Waals surface area contributed by atoms with Crippen molar-refractivity contribution in [2.45, 2.75) is 31.7 Å². The molecule has 12 nitrogen and oxygen atoms in total. The van der Waals surface area contributed by atoms with Gasteiger partial charge in [0, 0.05) is 12.5 Å². The Labute approximate surface area is 240 Å². The van der Waals surface area contributed by atoms with E-state index in [-0.39, 0.29) is 17.4 Å². The normalized spacial score (nSPS) is 16.2. The molecule has 2 heterocycles. The van der Waals surface area contributed by atoms with Crippen molar-refractivity contribution in [3.05, 3.63) is 76.8 Å². The highest BCUT2D eigenvalue weighted by Gasteiger charge is 2.47. The molecule has 3 aromatic rings. The molecule has 0 aliphatic carbocycles. The number of aromatic nitrogens is 1. The molecule has 1 saturated heterocycles. The fourth-order valence-electron chi connectivity index (χ4n) is 4.12. The van der Waals surface area contributed by atoms with Gasteiger partial charge in [0.1, 0.15) is 24.4 Å². The zero-order valence-electron chi connectivity index (χ0n) is 22.7. The minimum absolute atomic E-state index is 0.0161. The smallest absolute Gasteiger partial charge is 0.357 e. The molecular weight excluding hydrogens is 552 g/mol. The number of hydrogen-bond donors (Lipinski definition) is 2. The van der Waals surface area contributed by atoms with Crippen LogP contribution in [-0.2, 0) is 30.4 Å². The molecule has 13 heteroatoms. The summed E-state index contributed by atoms with van der Waals surface area (Å²) in [6, 6.07) is 12.9. The van der Waals surface area contributed by atoms with E-state index in [4.69, 9.17) is 14.2 Å². The summed E-state index contributed by atoms with van der Waals surface area (Å²) in [6.07, 6.45) is -0.903. The van der Waals surface area contributed by atoms with Gasteiger partial charge in [-0.2, -0.15) is 0 Å². The third-order valence-electron chi connectivity index (χ3n) is 6.22. The fourth-order valence-corrected chi connectivity index (χ4v) is 4.81. The molecule has 0 radical (unpaired) electrons. The van der Waals surface area contributed by atoms with Crippen LogP contribution in [0.15, 0.2) is 60.0 Å². The highest BCUT2D eigenvalue weighted by atomic mass is 32.1. The Kier molecular flexibility index (Phi) is 10.0. The van der Waals surface area contributed by atoms with Crippen LogP contribution in [0, 0.1) is 0 Å². The molecule has 1 aromatic heterocycles. The predicted octanol–water partition coefficient (Wildman–Crippen LogP) is 3.16. The molecule has 41 heavy (non-hydrogen) atoms. The minimum Gasteiger partial charge on any atom is -0.491 e. The first kappa shape index (κ1) is 29.6. The van der Waals surface area contributed by atoms with E-state index in [9.17, 15) is 19.2 Å². The van der Waals surface area contributed by atoms with Crippen LogP contribution in [0.5, 0.6) is 5.75 Å². The molecule has 4 rings (SSSR count). The second-order valence-electron chi connectivity index (χ2n) is 8.97. The monoisotopic (exact) mass is 582 g/mol. The molecule has 2 N–H and O–H groups in total. The van der Waals surface area contributed by atoms with Crippen molar-refractivity contribution >= 4 is 40.3 Å². The molecule has 0 saturated carbocycles. The van der Waals surface area contributed by atoms with Gasteiger partial charge in [0.05, 0.1) is 26.4 Å². The Balaban J connectivity index is 1.55. The Morgan fingerprint density at radius 1 is 1.07 bits per heavy atom. The van der Waals surface area contributed by atoms with E-state index in [2.05, 4.69) is 20.4 Å². The third-order valence-corrected chi connectivity index (χ3v) is 6.97. The maximum absolute atomic E-state index is 13.6. The molecule has 0 bridgehead atoms. The summed E-state index contributed by atoms with van der Waals surface area (Å²) in [6.45, 7) is 2.54. The molecule has 2 aromatic carbocycles. The number of amides is 4. The number of rotatable bonds is 13. The van der Waals surface area contributed by atoms with E-state index < -0.39 is 42.0 Å². The van der Waals surface area contributed by atoms with Crippen molar-refractivity contribution in [3.63, 3.8) is 0 Å². The Hall–Kier alpha value is -4.33. The second kappa shape index (κ2) is 13.8. The number of nitrogens with one attached hydrogen (secondary N) is 2. The number of carbonyl (C=O) groups excluding carboxylic acids is 4. The van der Waals surface area contributed by atoms with Gasteiger partial charge in [0.2, 0.25) is 0 Å². The number of methoxy groups -OCH3 is 2. The highest BCUT2D eigenvalue weighted by molar-refractivity contribution is 7.14. The molecule has 216 valence electrons. The van der Waals surface area contributed by atoms with E-state index in [0.29, 0.717) is 24.5 Å². The Morgan fingerprint density at radius 2 is 1.80 bits per heavy atom. The number of thiazole rings is 1. The van der Waals surface area contributed by atoms with Crippen molar-refractivity contribution in [2.75, 3.05) is 32.8 Å². The highest BCUT2D eigenvalue weighted by Crippen LogP contribution is 2.28. The predicted molar refractivity (Wildman–Crippen MR) is 148 cm³/mol. The molecule has 0 spiro atoms. The maximum atomic E-state index is 13.6. The summed E-state index contributed by atoms with van der Waals surface area (Å²) in [5.41, 5.74) is 1.39. The summed E-state index contributed by atoms with van der Waals surface area (Å²) in [7, 11) is 2.79. The molecular formula is C28H30N4O8S. The fraction of sp³-hybridized carbons (Fsp3) is 0.321. The van der Waals surface area contributed by atoms with Gasteiger partial charge in [-0.05, 0) is 30.2 Å². The number of benzene rings is 2. The number of imide groups is 1. The van der Waals surface area contributed by atoms with Crippen molar-refractivity contribution in [1.82, 2.24) is 15.2 Å². The van der Waals surface area contributed by atoms with Gasteiger partial charge in [-0.15, -0.1) is 11.3 Å². The van der Waals surface area contributed by atoms with Crippen LogP contribution in [0.4, 0.5) is 9.93 Å². The molecule has 2 unspecified atom stereocenters. The first-order chi connectivity index (χ1) is 19.8. The molecule has 1 fully saturated rings. The lowest BCUT2D eigenvalue weighted by molar-refractivity contribution is -0.139. The standard InChI is InChI=1S/C28H30N4O8S/c1-17(40-15-18-7-5-4-6-8-18)23(24(33)31-27-29-21(16-41-27)26(35)38-3)32-25(34)22(30-28(32)36)19-9-11-20(12-10-19)39-14-13-37-2/h4-12,16-17,22-23H,13-15H2,1-3H3,(H,30,36)(H,29,31,33)/t17?,22-,23?/m1/s1. The van der Waals surface area contributed by atoms with Crippen molar-refractivity contribution in [2.24, 2.45) is 0 Å². The summed E-state index contributed by atoms with van der Waals surface area (Å²) in [4.78, 5) is 57.1. The maximum Gasteiger partial charge on any atom is 0.357 e. The average Bonchev–Trinajstić information content (AvgIpc) is 3.57. The van der Waals surface area contributed by atoms with E-state index >= 15 is 0 Å².